The van der Waals surface area contributed by atoms with Gasteiger partial charge in [-0.25, -0.2) is 13.1 Å². The molecular formula is C20H24ClN3O3S. The average Bonchev–Trinajstić information content (AvgIpc) is 3.11. The normalized spacial score (nSPS) is 14.4. The Hall–Kier alpha value is -2.09. The van der Waals surface area contributed by atoms with E-state index in [2.05, 4.69) is 5.10 Å². The molecule has 3 rings (SSSR count). The minimum Gasteiger partial charge on any atom is -0.476 e. The maximum absolute atomic E-state index is 13.2. The van der Waals surface area contributed by atoms with Crippen molar-refractivity contribution in [3.8, 4) is 5.88 Å². The number of rotatable bonds is 8. The van der Waals surface area contributed by atoms with Crippen LogP contribution in [0.5, 0.6) is 5.88 Å². The second-order valence-corrected chi connectivity index (χ2v) is 9.17. The van der Waals surface area contributed by atoms with Gasteiger partial charge in [0.15, 0.2) is 4.90 Å². The maximum atomic E-state index is 13.2. The third kappa shape index (κ3) is 4.84. The van der Waals surface area contributed by atoms with Crippen LogP contribution in [0.2, 0.25) is 5.02 Å². The van der Waals surface area contributed by atoms with Gasteiger partial charge in [0, 0.05) is 11.6 Å². The fourth-order valence-electron chi connectivity index (χ4n) is 2.82. The monoisotopic (exact) mass is 421 g/mol. The molecule has 28 heavy (non-hydrogen) atoms. The molecule has 1 heterocycles. The first-order chi connectivity index (χ1) is 13.4. The molecule has 0 N–H and O–H groups in total. The molecule has 1 aliphatic carbocycles. The molecule has 0 spiro atoms. The van der Waals surface area contributed by atoms with Crippen molar-refractivity contribution in [2.45, 2.75) is 29.1 Å². The van der Waals surface area contributed by atoms with Gasteiger partial charge in [-0.15, -0.1) is 5.10 Å². The first kappa shape index (κ1) is 20.6. The van der Waals surface area contributed by atoms with Gasteiger partial charge >= 0.3 is 0 Å². The standard InChI is InChI=1S/C20H24ClN3O3S/c1-23(2)13-6-14-27-20-19(15-24(22-20)17-7-4-3-5-8-17)28(25,26)18-11-9-16(21)10-12-18/h4,7-12,15H,3,5-6,13-14H2,1-2H3. The summed E-state index contributed by atoms with van der Waals surface area (Å²) in [6.45, 7) is 1.22. The van der Waals surface area contributed by atoms with Crippen molar-refractivity contribution in [1.29, 1.82) is 0 Å². The number of ether oxygens (including phenoxy) is 1. The number of allylic oxidation sites excluding steroid dienone is 4. The van der Waals surface area contributed by atoms with Crippen molar-refractivity contribution in [2.24, 2.45) is 0 Å². The summed E-state index contributed by atoms with van der Waals surface area (Å²) in [5, 5.41) is 4.89. The van der Waals surface area contributed by atoms with Crippen molar-refractivity contribution in [1.82, 2.24) is 14.7 Å². The molecule has 0 saturated carbocycles. The van der Waals surface area contributed by atoms with Crippen molar-refractivity contribution < 1.29 is 13.2 Å². The fourth-order valence-corrected chi connectivity index (χ4v) is 4.26. The van der Waals surface area contributed by atoms with E-state index in [0.29, 0.717) is 11.6 Å². The van der Waals surface area contributed by atoms with Gasteiger partial charge in [0.25, 0.3) is 5.88 Å². The molecule has 0 fully saturated rings. The summed E-state index contributed by atoms with van der Waals surface area (Å²) < 4.78 is 33.7. The van der Waals surface area contributed by atoms with E-state index in [1.165, 1.54) is 18.3 Å². The molecule has 0 bridgehead atoms. The summed E-state index contributed by atoms with van der Waals surface area (Å²) in [7, 11) is 0.172. The van der Waals surface area contributed by atoms with Crippen LogP contribution in [0.15, 0.2) is 58.5 Å². The first-order valence-electron chi connectivity index (χ1n) is 9.13. The zero-order valence-corrected chi connectivity index (χ0v) is 17.6. The zero-order valence-electron chi connectivity index (χ0n) is 16.0. The Morgan fingerprint density at radius 1 is 1.21 bits per heavy atom. The largest absolute Gasteiger partial charge is 0.476 e. The van der Waals surface area contributed by atoms with Crippen LogP contribution in [0.1, 0.15) is 19.3 Å². The van der Waals surface area contributed by atoms with E-state index in [4.69, 9.17) is 16.3 Å². The Labute approximate surface area is 171 Å². The fraction of sp³-hybridized carbons (Fsp3) is 0.350. The molecule has 150 valence electrons. The maximum Gasteiger partial charge on any atom is 0.252 e. The highest BCUT2D eigenvalue weighted by Gasteiger charge is 2.27. The molecule has 1 aliphatic rings. The van der Waals surface area contributed by atoms with Crippen LogP contribution >= 0.6 is 11.6 Å². The van der Waals surface area contributed by atoms with Gasteiger partial charge in [-0.05, 0) is 63.7 Å². The van der Waals surface area contributed by atoms with Crippen LogP contribution in [0.3, 0.4) is 0 Å². The lowest BCUT2D eigenvalue weighted by Crippen LogP contribution is -2.16. The van der Waals surface area contributed by atoms with Crippen molar-refractivity contribution >= 4 is 27.1 Å². The number of benzene rings is 1. The van der Waals surface area contributed by atoms with Crippen LogP contribution in [-0.4, -0.2) is 50.3 Å². The number of sulfone groups is 1. The highest BCUT2D eigenvalue weighted by Crippen LogP contribution is 2.31. The van der Waals surface area contributed by atoms with Crippen LogP contribution < -0.4 is 4.74 Å². The van der Waals surface area contributed by atoms with Crippen LogP contribution in [0.4, 0.5) is 0 Å². The highest BCUT2D eigenvalue weighted by molar-refractivity contribution is 7.91. The van der Waals surface area contributed by atoms with Crippen LogP contribution in [0, 0.1) is 0 Å². The molecule has 1 aromatic heterocycles. The molecule has 0 atom stereocenters. The van der Waals surface area contributed by atoms with Gasteiger partial charge in [0.1, 0.15) is 0 Å². The van der Waals surface area contributed by atoms with Gasteiger partial charge in [0.2, 0.25) is 9.84 Å². The van der Waals surface area contributed by atoms with E-state index in [1.807, 2.05) is 37.2 Å². The summed E-state index contributed by atoms with van der Waals surface area (Å²) in [6.07, 6.45) is 10.2. The third-order valence-electron chi connectivity index (χ3n) is 4.29. The van der Waals surface area contributed by atoms with Gasteiger partial charge in [0.05, 0.1) is 23.4 Å². The Bertz CT molecular complexity index is 977. The third-order valence-corrected chi connectivity index (χ3v) is 6.29. The van der Waals surface area contributed by atoms with Gasteiger partial charge in [-0.1, -0.05) is 23.8 Å². The summed E-state index contributed by atoms with van der Waals surface area (Å²) in [6, 6.07) is 6.10. The molecule has 0 aliphatic heterocycles. The predicted octanol–water partition coefficient (Wildman–Crippen LogP) is 3.89. The predicted molar refractivity (Wildman–Crippen MR) is 110 cm³/mol. The smallest absolute Gasteiger partial charge is 0.252 e. The van der Waals surface area contributed by atoms with Gasteiger partial charge < -0.3 is 9.64 Å². The summed E-state index contributed by atoms with van der Waals surface area (Å²) >= 11 is 5.90. The van der Waals surface area contributed by atoms with E-state index in [1.54, 1.807) is 16.8 Å². The Morgan fingerprint density at radius 3 is 2.61 bits per heavy atom. The summed E-state index contributed by atoms with van der Waals surface area (Å²) in [5.74, 6) is 0.119. The van der Waals surface area contributed by atoms with Crippen molar-refractivity contribution in [3.05, 3.63) is 53.7 Å². The number of hydrogen-bond donors (Lipinski definition) is 0. The van der Waals surface area contributed by atoms with Crippen molar-refractivity contribution in [3.63, 3.8) is 0 Å². The Morgan fingerprint density at radius 2 is 1.96 bits per heavy atom. The van der Waals surface area contributed by atoms with E-state index >= 15 is 0 Å². The molecule has 2 aromatic rings. The molecule has 0 unspecified atom stereocenters. The Kier molecular flexibility index (Phi) is 6.59. The molecule has 8 heteroatoms. The minimum absolute atomic E-state index is 0.0551. The average molecular weight is 422 g/mol. The van der Waals surface area contributed by atoms with E-state index in [-0.39, 0.29) is 15.7 Å². The molecule has 0 amide bonds. The van der Waals surface area contributed by atoms with Crippen LogP contribution in [-0.2, 0) is 9.84 Å². The Balaban J connectivity index is 1.94. The lowest BCUT2D eigenvalue weighted by molar-refractivity contribution is 0.266. The lowest BCUT2D eigenvalue weighted by atomic mass is 10.1. The minimum atomic E-state index is -3.79. The van der Waals surface area contributed by atoms with Crippen LogP contribution in [0.25, 0.3) is 5.70 Å². The second-order valence-electron chi connectivity index (χ2n) is 6.81. The molecule has 6 nitrogen and oxygen atoms in total. The van der Waals surface area contributed by atoms with Crippen molar-refractivity contribution in [2.75, 3.05) is 27.2 Å². The first-order valence-corrected chi connectivity index (χ1v) is 11.0. The highest BCUT2D eigenvalue weighted by atomic mass is 35.5. The molecule has 0 radical (unpaired) electrons. The zero-order chi connectivity index (χ0) is 20.1. The second kappa shape index (κ2) is 8.94. The number of hydrogen-bond acceptors (Lipinski definition) is 5. The van der Waals surface area contributed by atoms with Gasteiger partial charge in [-0.3, -0.25) is 0 Å². The number of nitrogens with zero attached hydrogens (tertiary/aromatic N) is 3. The van der Waals surface area contributed by atoms with E-state index in [0.717, 1.165) is 31.5 Å². The number of halogens is 1. The lowest BCUT2D eigenvalue weighted by Gasteiger charge is -2.10. The molecule has 0 saturated heterocycles. The topological polar surface area (TPSA) is 64.4 Å². The quantitative estimate of drug-likeness (QED) is 0.605. The van der Waals surface area contributed by atoms with E-state index < -0.39 is 9.84 Å². The van der Waals surface area contributed by atoms with Gasteiger partial charge in [-0.2, -0.15) is 0 Å². The number of aromatic nitrogens is 2. The molecule has 1 aromatic carbocycles. The molecular weight excluding hydrogens is 398 g/mol. The summed E-state index contributed by atoms with van der Waals surface area (Å²) in [5.41, 5.74) is 0.835. The SMILES string of the molecule is CN(C)CCCOc1nn(C2=CCCC=C2)cc1S(=O)(=O)c1ccc(Cl)cc1. The summed E-state index contributed by atoms with van der Waals surface area (Å²) in [4.78, 5) is 2.26. The van der Waals surface area contributed by atoms with E-state index in [9.17, 15) is 8.42 Å².